The second kappa shape index (κ2) is 10.5. The molecule has 1 amide bonds. The molecular weight excluding hydrogens is 480 g/mol. The number of nitriles is 1. The number of hydrogen-bond donors (Lipinski definition) is 1. The molecule has 5 rings (SSSR count). The van der Waals surface area contributed by atoms with Gasteiger partial charge in [0.15, 0.2) is 5.65 Å². The van der Waals surface area contributed by atoms with E-state index in [0.29, 0.717) is 41.1 Å². The maximum Gasteiger partial charge on any atom is 0.411 e. The maximum absolute atomic E-state index is 11.7. The van der Waals surface area contributed by atoms with Gasteiger partial charge in [-0.2, -0.15) is 10.2 Å². The van der Waals surface area contributed by atoms with Gasteiger partial charge in [-0.05, 0) is 62.7 Å². The van der Waals surface area contributed by atoms with Crippen molar-refractivity contribution in [2.45, 2.75) is 19.8 Å². The SMILES string of the molecule is Cc1ccc(-c2c(-c3ccc(C#N)cc3)nc(OC[C@@H]3CCCN(C)C3)n3ccnc23)cc1N(C)C(=O)O. The number of fused-ring (bicyclic) bond motifs is 1. The molecule has 1 N–H and O–H groups in total. The molecule has 9 nitrogen and oxygen atoms in total. The normalized spacial score (nSPS) is 15.8. The van der Waals surface area contributed by atoms with Crippen LogP contribution in [0.25, 0.3) is 28.0 Å². The standard InChI is InChI=1S/C29H30N6O3/c1-19-6-9-23(15-24(19)34(3)29(36)37)25-26(22-10-7-20(16-30)8-11-22)32-28(35-14-12-31-27(25)35)38-18-21-5-4-13-33(2)17-21/h6-12,14-15,21H,4-5,13,17-18H2,1-3H3,(H,36,37)/t21-/m1/s1. The van der Waals surface area contributed by atoms with Crippen molar-refractivity contribution >= 4 is 17.4 Å². The number of ether oxygens (including phenoxy) is 1. The van der Waals surface area contributed by atoms with Crippen molar-refractivity contribution in [2.75, 3.05) is 38.7 Å². The smallest absolute Gasteiger partial charge is 0.411 e. The summed E-state index contributed by atoms with van der Waals surface area (Å²) in [6.07, 6.45) is 4.76. The Hall–Kier alpha value is -4.42. The van der Waals surface area contributed by atoms with Gasteiger partial charge in [0, 0.05) is 37.5 Å². The minimum atomic E-state index is -1.04. The Morgan fingerprint density at radius 1 is 1.24 bits per heavy atom. The topological polar surface area (TPSA) is 107 Å². The number of carboxylic acid groups (broad SMARTS) is 1. The number of piperidine rings is 1. The van der Waals surface area contributed by atoms with Crippen molar-refractivity contribution in [3.8, 4) is 34.5 Å². The van der Waals surface area contributed by atoms with E-state index in [-0.39, 0.29) is 0 Å². The van der Waals surface area contributed by atoms with Crippen molar-refractivity contribution in [2.24, 2.45) is 5.92 Å². The first kappa shape index (κ1) is 25.2. The molecule has 4 aromatic rings. The van der Waals surface area contributed by atoms with Crippen molar-refractivity contribution < 1.29 is 14.6 Å². The predicted molar refractivity (Wildman–Crippen MR) is 145 cm³/mol. The number of benzene rings is 2. The predicted octanol–water partition coefficient (Wildman–Crippen LogP) is 5.08. The van der Waals surface area contributed by atoms with E-state index < -0.39 is 6.09 Å². The van der Waals surface area contributed by atoms with Crippen LogP contribution in [-0.2, 0) is 0 Å². The van der Waals surface area contributed by atoms with Crippen LogP contribution in [0, 0.1) is 24.2 Å². The summed E-state index contributed by atoms with van der Waals surface area (Å²) in [6.45, 7) is 4.52. The lowest BCUT2D eigenvalue weighted by atomic mass is 9.97. The lowest BCUT2D eigenvalue weighted by Crippen LogP contribution is -2.35. The highest BCUT2D eigenvalue weighted by molar-refractivity contribution is 5.93. The van der Waals surface area contributed by atoms with Gasteiger partial charge in [0.2, 0.25) is 0 Å². The summed E-state index contributed by atoms with van der Waals surface area (Å²) in [7, 11) is 3.66. The van der Waals surface area contributed by atoms with Gasteiger partial charge in [-0.1, -0.05) is 24.3 Å². The third-order valence-electron chi connectivity index (χ3n) is 7.12. The summed E-state index contributed by atoms with van der Waals surface area (Å²) in [5, 5.41) is 18.9. The van der Waals surface area contributed by atoms with Gasteiger partial charge < -0.3 is 14.7 Å². The number of rotatable bonds is 6. The zero-order valence-corrected chi connectivity index (χ0v) is 21.8. The fourth-order valence-corrected chi connectivity index (χ4v) is 5.06. The summed E-state index contributed by atoms with van der Waals surface area (Å²) in [5.41, 5.74) is 5.61. The van der Waals surface area contributed by atoms with Crippen LogP contribution in [0.1, 0.15) is 24.0 Å². The molecule has 9 heteroatoms. The first-order valence-corrected chi connectivity index (χ1v) is 12.6. The van der Waals surface area contributed by atoms with Crippen LogP contribution in [0.5, 0.6) is 6.01 Å². The van der Waals surface area contributed by atoms with Crippen LogP contribution < -0.4 is 9.64 Å². The fourth-order valence-electron chi connectivity index (χ4n) is 5.06. The molecule has 1 fully saturated rings. The zero-order valence-electron chi connectivity index (χ0n) is 21.8. The number of hydrogen-bond acceptors (Lipinski definition) is 6. The highest BCUT2D eigenvalue weighted by Crippen LogP contribution is 2.38. The Kier molecular flexibility index (Phi) is 6.99. The quantitative estimate of drug-likeness (QED) is 0.386. The number of imidazole rings is 1. The average Bonchev–Trinajstić information content (AvgIpc) is 3.41. The number of anilines is 1. The van der Waals surface area contributed by atoms with Crippen LogP contribution in [0.2, 0.25) is 0 Å². The van der Waals surface area contributed by atoms with E-state index in [4.69, 9.17) is 9.72 Å². The Morgan fingerprint density at radius 2 is 2.00 bits per heavy atom. The second-order valence-corrected chi connectivity index (χ2v) is 9.85. The molecule has 2 aromatic carbocycles. The number of carbonyl (C=O) groups is 1. The van der Waals surface area contributed by atoms with E-state index in [1.54, 1.807) is 18.3 Å². The van der Waals surface area contributed by atoms with E-state index in [1.807, 2.05) is 47.9 Å². The number of nitrogens with zero attached hydrogens (tertiary/aromatic N) is 6. The highest BCUT2D eigenvalue weighted by Gasteiger charge is 2.23. The third-order valence-corrected chi connectivity index (χ3v) is 7.12. The second-order valence-electron chi connectivity index (χ2n) is 9.85. The highest BCUT2D eigenvalue weighted by atomic mass is 16.5. The fraction of sp³-hybridized carbons (Fsp3) is 0.310. The molecule has 1 atom stereocenters. The van der Waals surface area contributed by atoms with E-state index in [0.717, 1.165) is 48.2 Å². The summed E-state index contributed by atoms with van der Waals surface area (Å²) in [5.74, 6) is 0.415. The largest absolute Gasteiger partial charge is 0.465 e. The molecule has 0 radical (unpaired) electrons. The molecule has 0 bridgehead atoms. The maximum atomic E-state index is 11.7. The van der Waals surface area contributed by atoms with E-state index in [9.17, 15) is 15.2 Å². The van der Waals surface area contributed by atoms with Gasteiger partial charge in [-0.15, -0.1) is 0 Å². The van der Waals surface area contributed by atoms with Crippen LogP contribution in [0.15, 0.2) is 54.9 Å². The number of aryl methyl sites for hydroxylation is 1. The third kappa shape index (κ3) is 4.91. The lowest BCUT2D eigenvalue weighted by Gasteiger charge is -2.29. The van der Waals surface area contributed by atoms with Gasteiger partial charge in [-0.25, -0.2) is 9.78 Å². The molecule has 0 unspecified atom stereocenters. The number of amides is 1. The first-order valence-electron chi connectivity index (χ1n) is 12.6. The summed E-state index contributed by atoms with van der Waals surface area (Å²) in [6, 6.07) is 15.5. The number of likely N-dealkylation sites (tertiary alicyclic amines) is 1. The summed E-state index contributed by atoms with van der Waals surface area (Å²) in [4.78, 5) is 24.9. The van der Waals surface area contributed by atoms with Crippen LogP contribution in [0.3, 0.4) is 0 Å². The molecule has 0 spiro atoms. The molecule has 194 valence electrons. The van der Waals surface area contributed by atoms with Crippen molar-refractivity contribution in [1.82, 2.24) is 19.3 Å². The Morgan fingerprint density at radius 3 is 2.71 bits per heavy atom. The summed E-state index contributed by atoms with van der Waals surface area (Å²) >= 11 is 0. The van der Waals surface area contributed by atoms with E-state index in [2.05, 4.69) is 23.0 Å². The van der Waals surface area contributed by atoms with Crippen molar-refractivity contribution in [1.29, 1.82) is 5.26 Å². The van der Waals surface area contributed by atoms with Gasteiger partial charge >= 0.3 is 12.1 Å². The van der Waals surface area contributed by atoms with Gasteiger partial charge in [0.05, 0.1) is 35.2 Å². The van der Waals surface area contributed by atoms with E-state index >= 15 is 0 Å². The van der Waals surface area contributed by atoms with Crippen molar-refractivity contribution in [3.05, 3.63) is 66.0 Å². The van der Waals surface area contributed by atoms with Crippen LogP contribution in [-0.4, -0.2) is 64.3 Å². The molecule has 1 aliphatic rings. The molecule has 0 saturated carbocycles. The lowest BCUT2D eigenvalue weighted by molar-refractivity contribution is 0.143. The Balaban J connectivity index is 1.66. The molecule has 2 aromatic heterocycles. The molecule has 38 heavy (non-hydrogen) atoms. The molecule has 1 aliphatic heterocycles. The molecular formula is C29H30N6O3. The molecule has 0 aliphatic carbocycles. The van der Waals surface area contributed by atoms with E-state index in [1.165, 1.54) is 11.9 Å². The van der Waals surface area contributed by atoms with Crippen LogP contribution >= 0.6 is 0 Å². The first-order chi connectivity index (χ1) is 18.4. The summed E-state index contributed by atoms with van der Waals surface area (Å²) < 4.78 is 8.17. The minimum absolute atomic E-state index is 0.415. The monoisotopic (exact) mass is 510 g/mol. The molecule has 1 saturated heterocycles. The van der Waals surface area contributed by atoms with Crippen molar-refractivity contribution in [3.63, 3.8) is 0 Å². The Bertz CT molecular complexity index is 1520. The average molecular weight is 511 g/mol. The van der Waals surface area contributed by atoms with Gasteiger partial charge in [-0.3, -0.25) is 9.30 Å². The zero-order chi connectivity index (χ0) is 26.8. The minimum Gasteiger partial charge on any atom is -0.465 e. The van der Waals surface area contributed by atoms with Gasteiger partial charge in [0.1, 0.15) is 0 Å². The number of aromatic nitrogens is 3. The van der Waals surface area contributed by atoms with Gasteiger partial charge in [0.25, 0.3) is 0 Å². The molecule has 3 heterocycles. The van der Waals surface area contributed by atoms with Crippen LogP contribution in [0.4, 0.5) is 10.5 Å². The Labute approximate surface area is 221 Å².